The molecule has 2 unspecified atom stereocenters. The number of aliphatic carboxylic acids is 1. The van der Waals surface area contributed by atoms with Crippen molar-refractivity contribution < 1.29 is 15.0 Å². The number of nitrogens with zero attached hydrogens (tertiary/aromatic N) is 1. The van der Waals surface area contributed by atoms with E-state index in [1.54, 1.807) is 12.1 Å². The van der Waals surface area contributed by atoms with Gasteiger partial charge in [0.05, 0.1) is 5.41 Å². The molecular formula is C15H21NO3. The van der Waals surface area contributed by atoms with E-state index in [1.165, 1.54) is 0 Å². The third kappa shape index (κ3) is 2.59. The molecule has 2 atom stereocenters. The number of phenols is 1. The van der Waals surface area contributed by atoms with Gasteiger partial charge in [-0.15, -0.1) is 0 Å². The molecule has 2 rings (SSSR count). The molecule has 2 N–H and O–H groups in total. The number of hydrogen-bond donors (Lipinski definition) is 2. The number of benzene rings is 1. The smallest absolute Gasteiger partial charge is 0.310 e. The molecule has 1 aromatic rings. The van der Waals surface area contributed by atoms with Crippen molar-refractivity contribution in [2.75, 3.05) is 13.1 Å². The van der Waals surface area contributed by atoms with Gasteiger partial charge < -0.3 is 10.2 Å². The fourth-order valence-electron chi connectivity index (χ4n) is 2.84. The van der Waals surface area contributed by atoms with Crippen LogP contribution in [-0.4, -0.2) is 34.2 Å². The normalized spacial score (nSPS) is 25.4. The van der Waals surface area contributed by atoms with Crippen LogP contribution < -0.4 is 0 Å². The highest BCUT2D eigenvalue weighted by molar-refractivity contribution is 5.75. The van der Waals surface area contributed by atoms with Crippen molar-refractivity contribution in [2.45, 2.75) is 32.7 Å². The van der Waals surface area contributed by atoms with E-state index in [4.69, 9.17) is 0 Å². The Hall–Kier alpha value is -1.55. The van der Waals surface area contributed by atoms with Crippen LogP contribution in [0.1, 0.15) is 38.3 Å². The average molecular weight is 263 g/mol. The lowest BCUT2D eigenvalue weighted by molar-refractivity contribution is -0.148. The van der Waals surface area contributed by atoms with Crippen LogP contribution in [0.3, 0.4) is 0 Å². The maximum atomic E-state index is 11.4. The third-order valence-electron chi connectivity index (χ3n) is 4.41. The molecule has 1 aromatic carbocycles. The second-order valence-electron chi connectivity index (χ2n) is 5.43. The van der Waals surface area contributed by atoms with Crippen LogP contribution in [-0.2, 0) is 4.79 Å². The Labute approximate surface area is 113 Å². The van der Waals surface area contributed by atoms with E-state index >= 15 is 0 Å². The lowest BCUT2D eigenvalue weighted by Gasteiger charge is -2.27. The highest BCUT2D eigenvalue weighted by atomic mass is 16.4. The van der Waals surface area contributed by atoms with Gasteiger partial charge in [0.2, 0.25) is 0 Å². The monoisotopic (exact) mass is 263 g/mol. The van der Waals surface area contributed by atoms with Gasteiger partial charge in [0, 0.05) is 12.6 Å². The van der Waals surface area contributed by atoms with Gasteiger partial charge in [0.25, 0.3) is 0 Å². The van der Waals surface area contributed by atoms with E-state index in [1.807, 2.05) is 19.1 Å². The zero-order valence-electron chi connectivity index (χ0n) is 11.5. The second kappa shape index (κ2) is 5.21. The molecule has 1 aliphatic heterocycles. The molecule has 0 bridgehead atoms. The molecule has 4 nitrogen and oxygen atoms in total. The van der Waals surface area contributed by atoms with Gasteiger partial charge in [-0.2, -0.15) is 0 Å². The molecule has 4 heteroatoms. The first kappa shape index (κ1) is 13.9. The Morgan fingerprint density at radius 1 is 1.53 bits per heavy atom. The van der Waals surface area contributed by atoms with Gasteiger partial charge in [-0.3, -0.25) is 9.69 Å². The van der Waals surface area contributed by atoms with Gasteiger partial charge in [-0.1, -0.05) is 19.1 Å². The van der Waals surface area contributed by atoms with Crippen molar-refractivity contribution in [3.05, 3.63) is 29.8 Å². The summed E-state index contributed by atoms with van der Waals surface area (Å²) in [5.41, 5.74) is 0.419. The molecule has 0 aliphatic carbocycles. The Morgan fingerprint density at radius 2 is 2.26 bits per heavy atom. The van der Waals surface area contributed by atoms with Crippen molar-refractivity contribution in [3.8, 4) is 5.75 Å². The Balaban J connectivity index is 2.14. The largest absolute Gasteiger partial charge is 0.508 e. The molecule has 0 radical (unpaired) electrons. The van der Waals surface area contributed by atoms with Gasteiger partial charge in [-0.05, 0) is 44.0 Å². The number of hydrogen-bond acceptors (Lipinski definition) is 3. The standard InChI is InChI=1S/C15H21NO3/c1-3-15(14(18)19)7-8-16(10-15)11(2)12-5-4-6-13(17)9-12/h4-6,9,11,17H,3,7-8,10H2,1-2H3,(H,18,19). The number of carbonyl (C=O) groups is 1. The molecule has 0 aromatic heterocycles. The Kier molecular flexibility index (Phi) is 3.80. The zero-order valence-corrected chi connectivity index (χ0v) is 11.5. The first-order chi connectivity index (χ1) is 8.98. The van der Waals surface area contributed by atoms with E-state index in [2.05, 4.69) is 11.8 Å². The van der Waals surface area contributed by atoms with Crippen LogP contribution in [0.5, 0.6) is 5.75 Å². The number of carboxylic acid groups (broad SMARTS) is 1. The number of rotatable bonds is 4. The SMILES string of the molecule is CCC1(C(=O)O)CCN(C(C)c2cccc(O)c2)C1. The molecule has 104 valence electrons. The fraction of sp³-hybridized carbons (Fsp3) is 0.533. The van der Waals surface area contributed by atoms with Crippen molar-refractivity contribution in [2.24, 2.45) is 5.41 Å². The van der Waals surface area contributed by atoms with E-state index in [0.29, 0.717) is 19.4 Å². The molecule has 19 heavy (non-hydrogen) atoms. The summed E-state index contributed by atoms with van der Waals surface area (Å²) >= 11 is 0. The maximum Gasteiger partial charge on any atom is 0.310 e. The predicted molar refractivity (Wildman–Crippen MR) is 73.1 cm³/mol. The number of likely N-dealkylation sites (tertiary alicyclic amines) is 1. The summed E-state index contributed by atoms with van der Waals surface area (Å²) in [7, 11) is 0. The van der Waals surface area contributed by atoms with Gasteiger partial charge in [-0.25, -0.2) is 0 Å². The van der Waals surface area contributed by atoms with Crippen LogP contribution >= 0.6 is 0 Å². The minimum absolute atomic E-state index is 0.125. The molecular weight excluding hydrogens is 242 g/mol. The van der Waals surface area contributed by atoms with Crippen molar-refractivity contribution >= 4 is 5.97 Å². The minimum atomic E-state index is -0.694. The third-order valence-corrected chi connectivity index (χ3v) is 4.41. The topological polar surface area (TPSA) is 60.8 Å². The van der Waals surface area contributed by atoms with Crippen molar-refractivity contribution in [1.82, 2.24) is 4.90 Å². The van der Waals surface area contributed by atoms with Crippen LogP contribution in [0, 0.1) is 5.41 Å². The van der Waals surface area contributed by atoms with E-state index in [-0.39, 0.29) is 11.8 Å². The number of phenolic OH excluding ortho intramolecular Hbond substituents is 1. The lowest BCUT2D eigenvalue weighted by atomic mass is 9.84. The summed E-state index contributed by atoms with van der Waals surface area (Å²) in [6.45, 7) is 5.37. The van der Waals surface area contributed by atoms with E-state index < -0.39 is 11.4 Å². The highest BCUT2D eigenvalue weighted by Gasteiger charge is 2.44. The Bertz CT molecular complexity index is 474. The lowest BCUT2D eigenvalue weighted by Crippen LogP contribution is -2.34. The molecule has 1 fully saturated rings. The molecule has 1 saturated heterocycles. The van der Waals surface area contributed by atoms with Gasteiger partial charge in [0.1, 0.15) is 5.75 Å². The molecule has 0 amide bonds. The van der Waals surface area contributed by atoms with Crippen LogP contribution in [0.25, 0.3) is 0 Å². The molecule has 0 spiro atoms. The predicted octanol–water partition coefficient (Wildman–Crippen LogP) is 2.64. The number of carboxylic acids is 1. The summed E-state index contributed by atoms with van der Waals surface area (Å²) in [4.78, 5) is 13.6. The molecule has 1 aliphatic rings. The summed E-state index contributed by atoms with van der Waals surface area (Å²) in [6, 6.07) is 7.31. The highest BCUT2D eigenvalue weighted by Crippen LogP contribution is 2.38. The first-order valence-electron chi connectivity index (χ1n) is 6.75. The average Bonchev–Trinajstić information content (AvgIpc) is 2.83. The van der Waals surface area contributed by atoms with Gasteiger partial charge >= 0.3 is 5.97 Å². The molecule has 1 heterocycles. The van der Waals surface area contributed by atoms with Crippen LogP contribution in [0.15, 0.2) is 24.3 Å². The summed E-state index contributed by atoms with van der Waals surface area (Å²) < 4.78 is 0. The summed E-state index contributed by atoms with van der Waals surface area (Å²) in [5, 5.41) is 18.9. The zero-order chi connectivity index (χ0) is 14.0. The summed E-state index contributed by atoms with van der Waals surface area (Å²) in [5.74, 6) is -0.441. The van der Waals surface area contributed by atoms with E-state index in [0.717, 1.165) is 12.1 Å². The van der Waals surface area contributed by atoms with Crippen LogP contribution in [0.4, 0.5) is 0 Å². The fourth-order valence-corrected chi connectivity index (χ4v) is 2.84. The second-order valence-corrected chi connectivity index (χ2v) is 5.43. The summed E-state index contributed by atoms with van der Waals surface area (Å²) in [6.07, 6.45) is 1.35. The first-order valence-corrected chi connectivity index (χ1v) is 6.75. The van der Waals surface area contributed by atoms with Crippen molar-refractivity contribution in [1.29, 1.82) is 0 Å². The van der Waals surface area contributed by atoms with Crippen LogP contribution in [0.2, 0.25) is 0 Å². The number of aromatic hydroxyl groups is 1. The molecule has 0 saturated carbocycles. The maximum absolute atomic E-state index is 11.4. The van der Waals surface area contributed by atoms with Gasteiger partial charge in [0.15, 0.2) is 0 Å². The Morgan fingerprint density at radius 3 is 2.79 bits per heavy atom. The minimum Gasteiger partial charge on any atom is -0.508 e. The quantitative estimate of drug-likeness (QED) is 0.876. The van der Waals surface area contributed by atoms with Crippen molar-refractivity contribution in [3.63, 3.8) is 0 Å². The van der Waals surface area contributed by atoms with E-state index in [9.17, 15) is 15.0 Å².